The fraction of sp³-hybridized carbons (Fsp3) is 0.190. The van der Waals surface area contributed by atoms with Crippen molar-refractivity contribution in [1.29, 1.82) is 0 Å². The van der Waals surface area contributed by atoms with Crippen LogP contribution in [0.4, 0.5) is 0 Å². The van der Waals surface area contributed by atoms with E-state index in [0.717, 1.165) is 20.6 Å². The van der Waals surface area contributed by atoms with Gasteiger partial charge in [0, 0.05) is 10.6 Å². The van der Waals surface area contributed by atoms with Gasteiger partial charge in [0.25, 0.3) is 5.69 Å². The Labute approximate surface area is 178 Å². The first-order chi connectivity index (χ1) is 14.4. The topological polar surface area (TPSA) is 100 Å². The number of carbonyl (C=O) groups is 2. The molecule has 0 aliphatic heterocycles. The van der Waals surface area contributed by atoms with Crippen LogP contribution in [0.2, 0.25) is 5.02 Å². The van der Waals surface area contributed by atoms with Gasteiger partial charge >= 0.3 is 5.97 Å². The van der Waals surface area contributed by atoms with Gasteiger partial charge in [-0.2, -0.15) is 0 Å². The summed E-state index contributed by atoms with van der Waals surface area (Å²) in [5.41, 5.74) is 1.74. The Hall–Kier alpha value is -3.52. The van der Waals surface area contributed by atoms with Gasteiger partial charge in [0.2, 0.25) is 5.78 Å². The van der Waals surface area contributed by atoms with Gasteiger partial charge in [-0.25, -0.2) is 4.79 Å². The lowest BCUT2D eigenvalue weighted by molar-refractivity contribution is -0.745. The molecule has 0 atom stereocenters. The molecule has 0 N–H and O–H groups in total. The van der Waals surface area contributed by atoms with Crippen LogP contribution < -0.4 is 9.79 Å². The van der Waals surface area contributed by atoms with Crippen molar-refractivity contribution in [3.63, 3.8) is 0 Å². The fourth-order valence-electron chi connectivity index (χ4n) is 2.68. The third kappa shape index (κ3) is 4.72. The molecular formula is C21H19ClN4O4. The molecular weight excluding hydrogens is 408 g/mol. The number of aromatic nitrogens is 3. The Balaban J connectivity index is 1.95. The first kappa shape index (κ1) is 21.2. The molecule has 0 aliphatic carbocycles. The highest BCUT2D eigenvalue weighted by Crippen LogP contribution is 2.13. The van der Waals surface area contributed by atoms with Gasteiger partial charge in [0.05, 0.1) is 12.8 Å². The molecule has 1 aromatic heterocycles. The van der Waals surface area contributed by atoms with Gasteiger partial charge < -0.3 is 9.84 Å². The van der Waals surface area contributed by atoms with Crippen LogP contribution in [-0.2, 0) is 11.3 Å². The molecule has 0 aliphatic rings. The van der Waals surface area contributed by atoms with Crippen LogP contribution in [0.25, 0.3) is 0 Å². The van der Waals surface area contributed by atoms with E-state index in [-0.39, 0.29) is 24.6 Å². The van der Waals surface area contributed by atoms with Crippen LogP contribution in [-0.4, -0.2) is 34.6 Å². The average Bonchev–Trinajstić information content (AvgIpc) is 3.03. The van der Waals surface area contributed by atoms with E-state index in [9.17, 15) is 14.7 Å². The van der Waals surface area contributed by atoms with Crippen LogP contribution in [0.15, 0.2) is 53.6 Å². The Morgan fingerprint density at radius 3 is 2.60 bits per heavy atom. The van der Waals surface area contributed by atoms with E-state index in [2.05, 4.69) is 10.3 Å². The molecule has 0 saturated carbocycles. The number of hydrogen-bond donors (Lipinski definition) is 0. The van der Waals surface area contributed by atoms with E-state index in [1.54, 1.807) is 31.2 Å². The molecule has 0 fully saturated rings. The standard InChI is InChI=1S/C21H19ClN4O4/c1-3-30-21(29)19-20(28)26(23-12-16-7-5-4-6-14(16)2)24-25(19)13-18(27)15-8-10-17(22)11-9-15/h4-12H,3,13H2,1-2H3. The Kier molecular flexibility index (Phi) is 6.58. The smallest absolute Gasteiger partial charge is 0.383 e. The predicted octanol–water partition coefficient (Wildman–Crippen LogP) is 2.15. The number of aryl methyl sites for hydroxylation is 1. The number of hydrogen-bond acceptors (Lipinski definition) is 6. The zero-order valence-electron chi connectivity index (χ0n) is 16.4. The number of ketones is 1. The molecule has 9 heteroatoms. The number of esters is 1. The summed E-state index contributed by atoms with van der Waals surface area (Å²) in [7, 11) is 0. The summed E-state index contributed by atoms with van der Waals surface area (Å²) in [5.74, 6) is -2.00. The minimum Gasteiger partial charge on any atom is -0.836 e. The number of carbonyl (C=O) groups excluding carboxylic acids is 2. The number of ether oxygens (including phenoxy) is 1. The highest BCUT2D eigenvalue weighted by Gasteiger charge is 2.29. The highest BCUT2D eigenvalue weighted by atomic mass is 35.5. The van der Waals surface area contributed by atoms with Crippen LogP contribution in [0.3, 0.4) is 0 Å². The number of benzene rings is 2. The summed E-state index contributed by atoms with van der Waals surface area (Å²) in [4.78, 5) is 25.7. The van der Waals surface area contributed by atoms with Crippen molar-refractivity contribution in [2.24, 2.45) is 5.10 Å². The highest BCUT2D eigenvalue weighted by molar-refractivity contribution is 6.30. The van der Waals surface area contributed by atoms with Crippen molar-refractivity contribution in [2.45, 2.75) is 20.4 Å². The van der Waals surface area contributed by atoms with Gasteiger partial charge in [-0.1, -0.05) is 41.0 Å². The van der Waals surface area contributed by atoms with Gasteiger partial charge in [0.15, 0.2) is 12.4 Å². The molecule has 0 amide bonds. The lowest BCUT2D eigenvalue weighted by Gasteiger charge is -2.03. The third-order valence-corrected chi connectivity index (χ3v) is 4.51. The van der Waals surface area contributed by atoms with Gasteiger partial charge in [0.1, 0.15) is 5.21 Å². The molecule has 154 valence electrons. The SMILES string of the molecule is CCOC(=O)c1c([O-])n(N=Cc2ccccc2C)n[n+]1CC(=O)c1ccc(Cl)cc1. The summed E-state index contributed by atoms with van der Waals surface area (Å²) < 4.78 is 5.96. The summed E-state index contributed by atoms with van der Waals surface area (Å²) >= 11 is 5.85. The van der Waals surface area contributed by atoms with Crippen LogP contribution >= 0.6 is 11.6 Å². The predicted molar refractivity (Wildman–Crippen MR) is 108 cm³/mol. The lowest BCUT2D eigenvalue weighted by Crippen LogP contribution is -2.45. The quantitative estimate of drug-likeness (QED) is 0.249. The van der Waals surface area contributed by atoms with Gasteiger partial charge in [-0.15, -0.1) is 4.68 Å². The van der Waals surface area contributed by atoms with Crippen molar-refractivity contribution in [1.82, 2.24) is 10.0 Å². The van der Waals surface area contributed by atoms with Crippen LogP contribution in [0.5, 0.6) is 5.88 Å². The molecule has 0 bridgehead atoms. The second-order valence-corrected chi connectivity index (χ2v) is 6.78. The van der Waals surface area contributed by atoms with Crippen molar-refractivity contribution in [3.05, 3.63) is 75.9 Å². The maximum Gasteiger partial charge on any atom is 0.383 e. The molecule has 0 saturated heterocycles. The Morgan fingerprint density at radius 1 is 1.23 bits per heavy atom. The van der Waals surface area contributed by atoms with Crippen LogP contribution in [0.1, 0.15) is 38.9 Å². The third-order valence-electron chi connectivity index (χ3n) is 4.26. The van der Waals surface area contributed by atoms with Gasteiger partial charge in [-0.05, 0) is 54.0 Å². The zero-order chi connectivity index (χ0) is 21.7. The van der Waals surface area contributed by atoms with E-state index < -0.39 is 11.8 Å². The lowest BCUT2D eigenvalue weighted by atomic mass is 10.1. The Bertz CT molecular complexity index is 1110. The van der Waals surface area contributed by atoms with Crippen molar-refractivity contribution in [2.75, 3.05) is 6.61 Å². The maximum absolute atomic E-state index is 12.7. The minimum atomic E-state index is -0.872. The van der Waals surface area contributed by atoms with Crippen molar-refractivity contribution < 1.29 is 24.1 Å². The number of halogens is 1. The molecule has 30 heavy (non-hydrogen) atoms. The number of nitrogens with zero attached hydrogens (tertiary/aromatic N) is 4. The normalized spacial score (nSPS) is 11.0. The first-order valence-corrected chi connectivity index (χ1v) is 9.54. The fourth-order valence-corrected chi connectivity index (χ4v) is 2.81. The molecule has 3 rings (SSSR count). The molecule has 1 heterocycles. The summed E-state index contributed by atoms with van der Waals surface area (Å²) in [6.07, 6.45) is 1.46. The van der Waals surface area contributed by atoms with Crippen LogP contribution in [0, 0.1) is 6.92 Å². The molecule has 8 nitrogen and oxygen atoms in total. The minimum absolute atomic E-state index is 0.0705. The monoisotopic (exact) mass is 426 g/mol. The van der Waals surface area contributed by atoms with Crippen molar-refractivity contribution in [3.8, 4) is 5.88 Å². The Morgan fingerprint density at radius 2 is 1.93 bits per heavy atom. The number of rotatable bonds is 7. The number of Topliss-reactive ketones (excluding diaryl/α,β-unsaturated/α-hetero) is 1. The largest absolute Gasteiger partial charge is 0.836 e. The average molecular weight is 427 g/mol. The molecule has 0 radical (unpaired) electrons. The second kappa shape index (κ2) is 9.32. The molecule has 3 aromatic rings. The van der Waals surface area contributed by atoms with E-state index in [1.165, 1.54) is 6.21 Å². The first-order valence-electron chi connectivity index (χ1n) is 9.16. The molecule has 0 spiro atoms. The van der Waals surface area contributed by atoms with E-state index in [1.807, 2.05) is 31.2 Å². The maximum atomic E-state index is 12.7. The molecule has 0 unspecified atom stereocenters. The summed E-state index contributed by atoms with van der Waals surface area (Å²) in [6, 6.07) is 13.7. The molecule has 2 aromatic carbocycles. The van der Waals surface area contributed by atoms with E-state index in [4.69, 9.17) is 16.3 Å². The second-order valence-electron chi connectivity index (χ2n) is 6.34. The van der Waals surface area contributed by atoms with Crippen molar-refractivity contribution >= 4 is 29.6 Å². The van der Waals surface area contributed by atoms with E-state index in [0.29, 0.717) is 10.6 Å². The van der Waals surface area contributed by atoms with Gasteiger partial charge in [-0.3, -0.25) is 4.79 Å². The summed E-state index contributed by atoms with van der Waals surface area (Å²) in [5, 5.41) is 21.3. The summed E-state index contributed by atoms with van der Waals surface area (Å²) in [6.45, 7) is 3.25. The van der Waals surface area contributed by atoms with E-state index >= 15 is 0 Å². The zero-order valence-corrected chi connectivity index (χ0v) is 17.2.